The quantitative estimate of drug-likeness (QED) is 0.354. The van der Waals surface area contributed by atoms with E-state index < -0.39 is 0 Å². The summed E-state index contributed by atoms with van der Waals surface area (Å²) < 4.78 is 7.45. The molecule has 4 aromatic rings. The van der Waals surface area contributed by atoms with Gasteiger partial charge in [0.2, 0.25) is 5.91 Å². The van der Waals surface area contributed by atoms with Gasteiger partial charge in [-0.2, -0.15) is 0 Å². The first kappa shape index (κ1) is 21.8. The summed E-state index contributed by atoms with van der Waals surface area (Å²) >= 11 is 1.34. The smallest absolute Gasteiger partial charge is 0.234 e. The van der Waals surface area contributed by atoms with Gasteiger partial charge in [-0.1, -0.05) is 37.7 Å². The highest BCUT2D eigenvalue weighted by Gasteiger charge is 2.17. The average Bonchev–Trinajstić information content (AvgIpc) is 3.49. The number of carbonyl (C=O) groups is 1. The first-order valence-electron chi connectivity index (χ1n) is 10.5. The molecule has 1 atom stereocenters. The molecule has 164 valence electrons. The predicted octanol–water partition coefficient (Wildman–Crippen LogP) is 5.23. The lowest BCUT2D eigenvalue weighted by molar-refractivity contribution is -0.113. The van der Waals surface area contributed by atoms with Crippen LogP contribution in [0.3, 0.4) is 0 Å². The molecule has 0 aliphatic carbocycles. The molecule has 0 bridgehead atoms. The molecule has 32 heavy (non-hydrogen) atoms. The zero-order chi connectivity index (χ0) is 22.3. The van der Waals surface area contributed by atoms with E-state index in [-0.39, 0.29) is 11.7 Å². The number of furan rings is 1. The highest BCUT2D eigenvalue weighted by molar-refractivity contribution is 7.99. The van der Waals surface area contributed by atoms with Crippen molar-refractivity contribution < 1.29 is 9.21 Å². The summed E-state index contributed by atoms with van der Waals surface area (Å²) in [5.41, 5.74) is 2.91. The Balaban J connectivity index is 1.45. The van der Waals surface area contributed by atoms with E-state index in [4.69, 9.17) is 4.42 Å². The summed E-state index contributed by atoms with van der Waals surface area (Å²) in [6, 6.07) is 15.6. The molecule has 1 aromatic carbocycles. The van der Waals surface area contributed by atoms with Crippen molar-refractivity contribution in [3.63, 3.8) is 0 Å². The number of benzene rings is 1. The van der Waals surface area contributed by atoms with Crippen molar-refractivity contribution in [2.24, 2.45) is 0 Å². The monoisotopic (exact) mass is 447 g/mol. The van der Waals surface area contributed by atoms with Crippen molar-refractivity contribution in [3.05, 3.63) is 78.5 Å². The van der Waals surface area contributed by atoms with Crippen LogP contribution in [0, 0.1) is 0 Å². The molecule has 0 aliphatic heterocycles. The highest BCUT2D eigenvalue weighted by atomic mass is 32.2. The average molecular weight is 448 g/mol. The molecule has 0 saturated heterocycles. The number of rotatable bonds is 9. The summed E-state index contributed by atoms with van der Waals surface area (Å²) in [5.74, 6) is 2.09. The number of pyridine rings is 1. The molecular weight excluding hydrogens is 422 g/mol. The molecule has 7 nitrogen and oxygen atoms in total. The molecule has 0 saturated carbocycles. The number of aromatic nitrogens is 4. The van der Waals surface area contributed by atoms with E-state index in [1.165, 1.54) is 17.3 Å². The third-order valence-electron chi connectivity index (χ3n) is 5.24. The molecule has 0 spiro atoms. The summed E-state index contributed by atoms with van der Waals surface area (Å²) in [4.78, 5) is 16.7. The van der Waals surface area contributed by atoms with Gasteiger partial charge in [0.1, 0.15) is 5.76 Å². The van der Waals surface area contributed by atoms with Crippen molar-refractivity contribution in [2.45, 2.75) is 37.9 Å². The van der Waals surface area contributed by atoms with Crippen LogP contribution < -0.4 is 5.32 Å². The number of carbonyl (C=O) groups excluding carboxylic acids is 1. The van der Waals surface area contributed by atoms with Crippen LogP contribution in [0.4, 0.5) is 5.69 Å². The Kier molecular flexibility index (Phi) is 7.01. The molecule has 1 N–H and O–H groups in total. The minimum Gasteiger partial charge on any atom is -0.467 e. The Bertz CT molecular complexity index is 1140. The van der Waals surface area contributed by atoms with E-state index >= 15 is 0 Å². The third-order valence-corrected chi connectivity index (χ3v) is 6.21. The maximum Gasteiger partial charge on any atom is 0.234 e. The molecule has 4 rings (SSSR count). The van der Waals surface area contributed by atoms with Gasteiger partial charge >= 0.3 is 0 Å². The number of amides is 1. The molecule has 0 aliphatic rings. The minimum atomic E-state index is -0.0956. The standard InChI is InChI=1S/C24H25N5O2S/c1-3-17(2)18-8-10-20(11-9-18)26-22(30)16-32-24-28-27-23(19-6-4-12-25-14-19)29(24)15-21-7-5-13-31-21/h4-14,17H,3,15-16H2,1-2H3,(H,26,30). The van der Waals surface area contributed by atoms with Gasteiger partial charge in [-0.3, -0.25) is 14.3 Å². The maximum atomic E-state index is 12.5. The lowest BCUT2D eigenvalue weighted by Crippen LogP contribution is -2.15. The van der Waals surface area contributed by atoms with Gasteiger partial charge < -0.3 is 9.73 Å². The molecule has 0 radical (unpaired) electrons. The molecular formula is C24H25N5O2S. The van der Waals surface area contributed by atoms with E-state index in [1.807, 2.05) is 41.0 Å². The van der Waals surface area contributed by atoms with Gasteiger partial charge in [-0.15, -0.1) is 10.2 Å². The zero-order valence-electron chi connectivity index (χ0n) is 18.1. The molecule has 0 fully saturated rings. The first-order chi connectivity index (χ1) is 15.6. The Labute approximate surface area is 191 Å². The Morgan fingerprint density at radius 2 is 2.00 bits per heavy atom. The lowest BCUT2D eigenvalue weighted by Gasteiger charge is -2.11. The fourth-order valence-electron chi connectivity index (χ4n) is 3.26. The number of nitrogens with one attached hydrogen (secondary N) is 1. The van der Waals surface area contributed by atoms with Gasteiger partial charge in [0.05, 0.1) is 18.6 Å². The normalized spacial score (nSPS) is 11.9. The number of hydrogen-bond donors (Lipinski definition) is 1. The largest absolute Gasteiger partial charge is 0.467 e. The fourth-order valence-corrected chi connectivity index (χ4v) is 4.00. The highest BCUT2D eigenvalue weighted by Crippen LogP contribution is 2.25. The Morgan fingerprint density at radius 3 is 2.69 bits per heavy atom. The van der Waals surface area contributed by atoms with Crippen LogP contribution in [0.2, 0.25) is 0 Å². The summed E-state index contributed by atoms with van der Waals surface area (Å²) in [6.07, 6.45) is 6.18. The number of nitrogens with zero attached hydrogens (tertiary/aromatic N) is 4. The van der Waals surface area contributed by atoms with Gasteiger partial charge in [-0.05, 0) is 54.3 Å². The maximum absolute atomic E-state index is 12.5. The summed E-state index contributed by atoms with van der Waals surface area (Å²) in [7, 11) is 0. The third kappa shape index (κ3) is 5.26. The van der Waals surface area contributed by atoms with Crippen molar-refractivity contribution >= 4 is 23.4 Å². The van der Waals surface area contributed by atoms with Crippen LogP contribution in [0.1, 0.15) is 37.5 Å². The zero-order valence-corrected chi connectivity index (χ0v) is 18.9. The molecule has 1 amide bonds. The lowest BCUT2D eigenvalue weighted by atomic mass is 9.99. The van der Waals surface area contributed by atoms with Crippen LogP contribution in [0.25, 0.3) is 11.4 Å². The molecule has 8 heteroatoms. The molecule has 3 aromatic heterocycles. The van der Waals surface area contributed by atoms with Crippen LogP contribution in [0.15, 0.2) is 76.8 Å². The Morgan fingerprint density at radius 1 is 1.16 bits per heavy atom. The van der Waals surface area contributed by atoms with Crippen molar-refractivity contribution in [3.8, 4) is 11.4 Å². The molecule has 3 heterocycles. The molecule has 1 unspecified atom stereocenters. The van der Waals surface area contributed by atoms with E-state index in [0.29, 0.717) is 23.4 Å². The number of anilines is 1. The van der Waals surface area contributed by atoms with Crippen LogP contribution in [-0.4, -0.2) is 31.4 Å². The summed E-state index contributed by atoms with van der Waals surface area (Å²) in [6.45, 7) is 4.83. The van der Waals surface area contributed by atoms with Crippen molar-refractivity contribution in [1.29, 1.82) is 0 Å². The fraction of sp³-hybridized carbons (Fsp3) is 0.250. The van der Waals surface area contributed by atoms with Gasteiger partial charge in [0.15, 0.2) is 11.0 Å². The second-order valence-electron chi connectivity index (χ2n) is 7.48. The topological polar surface area (TPSA) is 85.8 Å². The predicted molar refractivity (Wildman–Crippen MR) is 126 cm³/mol. The van der Waals surface area contributed by atoms with Crippen LogP contribution in [-0.2, 0) is 11.3 Å². The van der Waals surface area contributed by atoms with Crippen molar-refractivity contribution in [2.75, 3.05) is 11.1 Å². The van der Waals surface area contributed by atoms with Gasteiger partial charge in [-0.25, -0.2) is 0 Å². The number of thioether (sulfide) groups is 1. The van der Waals surface area contributed by atoms with Crippen molar-refractivity contribution in [1.82, 2.24) is 19.7 Å². The summed E-state index contributed by atoms with van der Waals surface area (Å²) in [5, 5.41) is 12.3. The van der Waals surface area contributed by atoms with E-state index in [2.05, 4.69) is 46.5 Å². The second-order valence-corrected chi connectivity index (χ2v) is 8.42. The minimum absolute atomic E-state index is 0.0956. The first-order valence-corrected chi connectivity index (χ1v) is 11.5. The SMILES string of the molecule is CCC(C)c1ccc(NC(=O)CSc2nnc(-c3cccnc3)n2Cc2ccco2)cc1. The van der Waals surface area contributed by atoms with E-state index in [1.54, 1.807) is 18.7 Å². The van der Waals surface area contributed by atoms with E-state index in [9.17, 15) is 4.79 Å². The number of hydrogen-bond acceptors (Lipinski definition) is 6. The van der Waals surface area contributed by atoms with Crippen LogP contribution >= 0.6 is 11.8 Å². The van der Waals surface area contributed by atoms with E-state index in [0.717, 1.165) is 23.4 Å². The second kappa shape index (κ2) is 10.3. The van der Waals surface area contributed by atoms with Gasteiger partial charge in [0.25, 0.3) is 0 Å². The Hall–Kier alpha value is -3.39. The van der Waals surface area contributed by atoms with Gasteiger partial charge in [0, 0.05) is 23.6 Å². The van der Waals surface area contributed by atoms with Crippen LogP contribution in [0.5, 0.6) is 0 Å².